The molecule has 1 heterocycles. The Morgan fingerprint density at radius 3 is 2.64 bits per heavy atom. The molecule has 0 fully saturated rings. The Labute approximate surface area is 159 Å². The number of hydrogen-bond acceptors (Lipinski definition) is 4. The van der Waals surface area contributed by atoms with Gasteiger partial charge < -0.3 is 4.74 Å². The number of halogens is 1. The molecule has 0 aliphatic heterocycles. The van der Waals surface area contributed by atoms with E-state index in [2.05, 4.69) is 28.1 Å². The van der Waals surface area contributed by atoms with Crippen molar-refractivity contribution >= 4 is 38.6 Å². The van der Waals surface area contributed by atoms with Gasteiger partial charge in [0.1, 0.15) is 0 Å². The van der Waals surface area contributed by atoms with E-state index in [1.165, 1.54) is 5.56 Å². The van der Waals surface area contributed by atoms with Crippen molar-refractivity contribution in [3.63, 3.8) is 0 Å². The molecule has 1 atom stereocenters. The van der Waals surface area contributed by atoms with E-state index in [1.807, 2.05) is 43.3 Å². The van der Waals surface area contributed by atoms with Gasteiger partial charge in [-0.15, -0.1) is 0 Å². The molecule has 0 amide bonds. The average Bonchev–Trinajstić information content (AvgIpc) is 2.61. The first kappa shape index (κ1) is 18.2. The molecule has 6 heteroatoms. The summed E-state index contributed by atoms with van der Waals surface area (Å²) >= 11 is 5.02. The average molecular weight is 419 g/mol. The van der Waals surface area contributed by atoms with Crippen LogP contribution in [-0.2, 0) is 10.5 Å². The molecular formula is C19H19BrN2O2S. The zero-order valence-corrected chi connectivity index (χ0v) is 16.5. The lowest BCUT2D eigenvalue weighted by atomic mass is 10.2. The Morgan fingerprint density at radius 2 is 1.92 bits per heavy atom. The van der Waals surface area contributed by atoms with Crippen LogP contribution >= 0.6 is 27.7 Å². The predicted octanol–water partition coefficient (Wildman–Crippen LogP) is 4.66. The number of hydrogen-bond donors (Lipinski definition) is 0. The van der Waals surface area contributed by atoms with Crippen LogP contribution in [0.15, 0.2) is 63.0 Å². The minimum absolute atomic E-state index is 0.0199. The molecule has 1 unspecified atom stereocenters. The highest BCUT2D eigenvalue weighted by atomic mass is 79.9. The fourth-order valence-corrected chi connectivity index (χ4v) is 3.98. The lowest BCUT2D eigenvalue weighted by Crippen LogP contribution is -2.28. The number of thioether (sulfide) groups is 1. The summed E-state index contributed by atoms with van der Waals surface area (Å²) in [5, 5.41) is 1.36. The van der Waals surface area contributed by atoms with Crippen LogP contribution in [-0.4, -0.2) is 23.3 Å². The van der Waals surface area contributed by atoms with Crippen molar-refractivity contribution in [1.29, 1.82) is 0 Å². The molecule has 0 spiro atoms. The van der Waals surface area contributed by atoms with Crippen LogP contribution in [0.25, 0.3) is 10.9 Å². The van der Waals surface area contributed by atoms with E-state index in [9.17, 15) is 4.79 Å². The SMILES string of the molecule is COCC(C)n1c(SCc2ccc(Br)cc2)nc2ccccc2c1=O. The third-order valence-corrected chi connectivity index (χ3v) is 5.46. The van der Waals surface area contributed by atoms with Gasteiger partial charge in [-0.25, -0.2) is 4.98 Å². The second kappa shape index (κ2) is 8.17. The smallest absolute Gasteiger partial charge is 0.262 e. The van der Waals surface area contributed by atoms with Crippen LogP contribution in [0.1, 0.15) is 18.5 Å². The van der Waals surface area contributed by atoms with Crippen LogP contribution in [0.5, 0.6) is 0 Å². The van der Waals surface area contributed by atoms with Crippen LogP contribution in [0, 0.1) is 0 Å². The van der Waals surface area contributed by atoms with Crippen molar-refractivity contribution in [3.05, 3.63) is 68.9 Å². The van der Waals surface area contributed by atoms with Gasteiger partial charge in [-0.2, -0.15) is 0 Å². The predicted molar refractivity (Wildman–Crippen MR) is 106 cm³/mol. The van der Waals surface area contributed by atoms with E-state index >= 15 is 0 Å². The van der Waals surface area contributed by atoms with Gasteiger partial charge in [-0.3, -0.25) is 9.36 Å². The normalized spacial score (nSPS) is 12.4. The van der Waals surface area contributed by atoms with Crippen molar-refractivity contribution in [1.82, 2.24) is 9.55 Å². The van der Waals surface area contributed by atoms with Crippen LogP contribution < -0.4 is 5.56 Å². The molecule has 0 aliphatic rings. The van der Waals surface area contributed by atoms with Gasteiger partial charge in [0.05, 0.1) is 23.6 Å². The van der Waals surface area contributed by atoms with Gasteiger partial charge in [-0.1, -0.05) is 52.0 Å². The van der Waals surface area contributed by atoms with Gasteiger partial charge in [0.25, 0.3) is 5.56 Å². The molecule has 0 bridgehead atoms. The number of ether oxygens (including phenoxy) is 1. The Kier molecular flexibility index (Phi) is 5.93. The van der Waals surface area contributed by atoms with E-state index in [1.54, 1.807) is 23.4 Å². The molecule has 0 radical (unpaired) electrons. The molecule has 0 aliphatic carbocycles. The third-order valence-electron chi connectivity index (χ3n) is 3.91. The summed E-state index contributed by atoms with van der Waals surface area (Å²) in [6, 6.07) is 15.6. The van der Waals surface area contributed by atoms with Crippen molar-refractivity contribution in [3.8, 4) is 0 Å². The summed E-state index contributed by atoms with van der Waals surface area (Å²) in [7, 11) is 1.64. The standard InChI is InChI=1S/C19H19BrN2O2S/c1-13(11-24-2)22-18(23)16-5-3-4-6-17(16)21-19(22)25-12-14-7-9-15(20)10-8-14/h3-10,13H,11-12H2,1-2H3. The molecule has 0 saturated heterocycles. The van der Waals surface area contributed by atoms with E-state index < -0.39 is 0 Å². The number of para-hydroxylation sites is 1. The molecule has 2 aromatic carbocycles. The Bertz CT molecular complexity index is 925. The zero-order valence-electron chi connectivity index (χ0n) is 14.1. The second-order valence-electron chi connectivity index (χ2n) is 5.81. The minimum Gasteiger partial charge on any atom is -0.383 e. The van der Waals surface area contributed by atoms with E-state index in [0.717, 1.165) is 20.9 Å². The lowest BCUT2D eigenvalue weighted by molar-refractivity contribution is 0.156. The van der Waals surface area contributed by atoms with Crippen molar-refractivity contribution in [2.45, 2.75) is 23.9 Å². The number of aromatic nitrogens is 2. The minimum atomic E-state index is -0.0815. The topological polar surface area (TPSA) is 44.1 Å². The van der Waals surface area contributed by atoms with Crippen LogP contribution in [0.4, 0.5) is 0 Å². The maximum Gasteiger partial charge on any atom is 0.262 e. The molecule has 4 nitrogen and oxygen atoms in total. The molecular weight excluding hydrogens is 400 g/mol. The highest BCUT2D eigenvalue weighted by molar-refractivity contribution is 9.10. The number of fused-ring (bicyclic) bond motifs is 1. The summed E-state index contributed by atoms with van der Waals surface area (Å²) in [5.74, 6) is 0.748. The third kappa shape index (κ3) is 4.14. The lowest BCUT2D eigenvalue weighted by Gasteiger charge is -2.19. The van der Waals surface area contributed by atoms with E-state index in [4.69, 9.17) is 9.72 Å². The first-order valence-electron chi connectivity index (χ1n) is 7.97. The van der Waals surface area contributed by atoms with Gasteiger partial charge >= 0.3 is 0 Å². The Hall–Kier alpha value is -1.63. The maximum absolute atomic E-state index is 13.0. The molecule has 0 saturated carbocycles. The second-order valence-corrected chi connectivity index (χ2v) is 7.66. The van der Waals surface area contributed by atoms with Crippen molar-refractivity contribution in [2.24, 2.45) is 0 Å². The van der Waals surface area contributed by atoms with Gasteiger partial charge in [-0.05, 0) is 36.8 Å². The first-order chi connectivity index (χ1) is 12.1. The fraction of sp³-hybridized carbons (Fsp3) is 0.263. The van der Waals surface area contributed by atoms with E-state index in [0.29, 0.717) is 12.0 Å². The fourth-order valence-electron chi connectivity index (χ4n) is 2.66. The first-order valence-corrected chi connectivity index (χ1v) is 9.75. The highest BCUT2D eigenvalue weighted by Gasteiger charge is 2.16. The summed E-state index contributed by atoms with van der Waals surface area (Å²) in [6.45, 7) is 2.44. The summed E-state index contributed by atoms with van der Waals surface area (Å²) in [5.41, 5.74) is 1.89. The number of nitrogens with zero attached hydrogens (tertiary/aromatic N) is 2. The largest absolute Gasteiger partial charge is 0.383 e. The van der Waals surface area contributed by atoms with Gasteiger partial charge in [0, 0.05) is 17.3 Å². The quantitative estimate of drug-likeness (QED) is 0.431. The summed E-state index contributed by atoms with van der Waals surface area (Å²) in [6.07, 6.45) is 0. The number of rotatable bonds is 6. The van der Waals surface area contributed by atoms with Crippen molar-refractivity contribution in [2.75, 3.05) is 13.7 Å². The maximum atomic E-state index is 13.0. The van der Waals surface area contributed by atoms with E-state index in [-0.39, 0.29) is 11.6 Å². The zero-order chi connectivity index (χ0) is 17.8. The van der Waals surface area contributed by atoms with Gasteiger partial charge in [0.15, 0.2) is 5.16 Å². The Morgan fingerprint density at radius 1 is 1.20 bits per heavy atom. The highest BCUT2D eigenvalue weighted by Crippen LogP contribution is 2.25. The van der Waals surface area contributed by atoms with Gasteiger partial charge in [0.2, 0.25) is 0 Å². The molecule has 25 heavy (non-hydrogen) atoms. The summed E-state index contributed by atoms with van der Waals surface area (Å²) in [4.78, 5) is 17.7. The molecule has 1 aromatic heterocycles. The van der Waals surface area contributed by atoms with Crippen LogP contribution in [0.3, 0.4) is 0 Å². The molecule has 3 aromatic rings. The van der Waals surface area contributed by atoms with Crippen molar-refractivity contribution < 1.29 is 4.74 Å². The molecule has 3 rings (SSSR count). The summed E-state index contributed by atoms with van der Waals surface area (Å²) < 4.78 is 8.05. The molecule has 0 N–H and O–H groups in total. The monoisotopic (exact) mass is 418 g/mol. The molecule has 130 valence electrons. The number of methoxy groups -OCH3 is 1. The Balaban J connectivity index is 2.00. The number of benzene rings is 2. The van der Waals surface area contributed by atoms with Crippen LogP contribution in [0.2, 0.25) is 0 Å².